The van der Waals surface area contributed by atoms with Gasteiger partial charge in [-0.25, -0.2) is 13.4 Å². The van der Waals surface area contributed by atoms with Crippen molar-refractivity contribution < 1.29 is 18.0 Å². The molecule has 0 atom stereocenters. The van der Waals surface area contributed by atoms with Crippen LogP contribution in [0, 0.1) is 0 Å². The fourth-order valence-corrected chi connectivity index (χ4v) is 5.24. The van der Waals surface area contributed by atoms with Gasteiger partial charge >= 0.3 is 0 Å². The highest BCUT2D eigenvalue weighted by Gasteiger charge is 2.23. The Hall–Kier alpha value is -3.24. The van der Waals surface area contributed by atoms with Crippen molar-refractivity contribution in [2.75, 3.05) is 32.0 Å². The van der Waals surface area contributed by atoms with Gasteiger partial charge in [-0.1, -0.05) is 32.0 Å². The number of nitrogens with zero attached hydrogens (tertiary/aromatic N) is 4. The molecule has 0 unspecified atom stereocenters. The van der Waals surface area contributed by atoms with E-state index in [1.165, 1.54) is 9.21 Å². The lowest BCUT2D eigenvalue weighted by Crippen LogP contribution is -2.35. The second-order valence-corrected chi connectivity index (χ2v) is 9.93. The number of nitrogens with one attached hydrogen (secondary N) is 1. The number of rotatable bonds is 10. The molecule has 0 aliphatic rings. The summed E-state index contributed by atoms with van der Waals surface area (Å²) in [4.78, 5) is 30.9. The van der Waals surface area contributed by atoms with Gasteiger partial charge in [-0.05, 0) is 30.3 Å². The number of imidazole rings is 1. The summed E-state index contributed by atoms with van der Waals surface area (Å²) in [5, 5.41) is 2.76. The molecule has 1 N–H and O–H groups in total. The van der Waals surface area contributed by atoms with Gasteiger partial charge in [0.25, 0.3) is 0 Å². The number of hydrogen-bond donors (Lipinski definition) is 1. The Morgan fingerprint density at radius 2 is 1.74 bits per heavy atom. The first-order chi connectivity index (χ1) is 16.2. The van der Waals surface area contributed by atoms with Crippen LogP contribution >= 0.6 is 0 Å². The van der Waals surface area contributed by atoms with Crippen LogP contribution in [0.1, 0.15) is 26.1 Å². The van der Waals surface area contributed by atoms with E-state index in [2.05, 4.69) is 10.3 Å². The zero-order chi connectivity index (χ0) is 24.9. The Morgan fingerprint density at radius 1 is 1.06 bits per heavy atom. The van der Waals surface area contributed by atoms with Crippen LogP contribution in [0.2, 0.25) is 0 Å². The molecule has 0 bridgehead atoms. The number of amides is 2. The lowest BCUT2D eigenvalue weighted by molar-refractivity contribution is -0.133. The van der Waals surface area contributed by atoms with E-state index in [9.17, 15) is 18.0 Å². The fraction of sp³-hybridized carbons (Fsp3) is 0.375. The maximum absolute atomic E-state index is 12.8. The van der Waals surface area contributed by atoms with Crippen LogP contribution < -0.4 is 5.32 Å². The number of sulfonamides is 1. The highest BCUT2D eigenvalue weighted by molar-refractivity contribution is 7.89. The summed E-state index contributed by atoms with van der Waals surface area (Å²) in [6, 6.07) is 14.0. The maximum atomic E-state index is 12.8. The van der Waals surface area contributed by atoms with E-state index >= 15 is 0 Å². The van der Waals surface area contributed by atoms with Crippen molar-refractivity contribution >= 4 is 38.6 Å². The molecule has 0 aliphatic carbocycles. The monoisotopic (exact) mass is 485 g/mol. The lowest BCUT2D eigenvalue weighted by atomic mass is 10.2. The van der Waals surface area contributed by atoms with Crippen LogP contribution in [0.5, 0.6) is 0 Å². The van der Waals surface area contributed by atoms with Crippen LogP contribution in [0.3, 0.4) is 0 Å². The van der Waals surface area contributed by atoms with Crippen LogP contribution in [0.15, 0.2) is 53.4 Å². The number of likely N-dealkylation sites (N-methyl/N-ethyl adjacent to an activating group) is 1. The van der Waals surface area contributed by atoms with Crippen molar-refractivity contribution in [3.63, 3.8) is 0 Å². The maximum Gasteiger partial charge on any atom is 0.243 e. The van der Waals surface area contributed by atoms with Gasteiger partial charge in [0.15, 0.2) is 0 Å². The zero-order valence-electron chi connectivity index (χ0n) is 20.0. The Morgan fingerprint density at radius 3 is 2.38 bits per heavy atom. The minimum absolute atomic E-state index is 0.0527. The summed E-state index contributed by atoms with van der Waals surface area (Å²) >= 11 is 0. The standard InChI is InChI=1S/C24H31N5O4S/c1-5-29(6-2)34(32,33)19-12-13-21-20(16-19)26-22(28(21)4)14-15-24(31)27(3)17-23(30)25-18-10-8-7-9-11-18/h7-13,16H,5-6,14-15,17H2,1-4H3,(H,25,30). The van der Waals surface area contributed by atoms with Gasteiger partial charge in [0, 0.05) is 45.7 Å². The number of carbonyl (C=O) groups is 2. The number of anilines is 1. The number of aromatic nitrogens is 2. The second-order valence-electron chi connectivity index (χ2n) is 7.99. The van der Waals surface area contributed by atoms with Gasteiger partial charge in [0.1, 0.15) is 5.82 Å². The number of fused-ring (bicyclic) bond motifs is 1. The Balaban J connectivity index is 1.66. The van der Waals surface area contributed by atoms with Gasteiger partial charge in [-0.15, -0.1) is 0 Å². The average molecular weight is 486 g/mol. The quantitative estimate of drug-likeness (QED) is 0.475. The van der Waals surface area contributed by atoms with E-state index in [1.807, 2.05) is 29.8 Å². The third-order valence-electron chi connectivity index (χ3n) is 5.71. The first-order valence-electron chi connectivity index (χ1n) is 11.2. The Bertz CT molecular complexity index is 1270. The molecule has 182 valence electrons. The van der Waals surface area contributed by atoms with E-state index in [-0.39, 0.29) is 29.7 Å². The first kappa shape index (κ1) is 25.4. The summed E-state index contributed by atoms with van der Waals surface area (Å²) in [6.07, 6.45) is 0.545. The van der Waals surface area contributed by atoms with Gasteiger partial charge in [0.05, 0.1) is 22.5 Å². The predicted octanol–water partition coefficient (Wildman–Crippen LogP) is 2.63. The molecule has 9 nitrogen and oxygen atoms in total. The number of aryl methyl sites for hydroxylation is 2. The van der Waals surface area contributed by atoms with Crippen molar-refractivity contribution in [1.29, 1.82) is 0 Å². The highest BCUT2D eigenvalue weighted by Crippen LogP contribution is 2.23. The van der Waals surface area contributed by atoms with Gasteiger partial charge < -0.3 is 14.8 Å². The largest absolute Gasteiger partial charge is 0.336 e. The summed E-state index contributed by atoms with van der Waals surface area (Å²) in [5.41, 5.74) is 2.03. The van der Waals surface area contributed by atoms with E-state index in [1.54, 1.807) is 51.2 Å². The molecule has 2 aromatic carbocycles. The minimum atomic E-state index is -3.58. The summed E-state index contributed by atoms with van der Waals surface area (Å²) in [6.45, 7) is 4.34. The van der Waals surface area contributed by atoms with Crippen molar-refractivity contribution in [3.8, 4) is 0 Å². The third-order valence-corrected chi connectivity index (χ3v) is 7.76. The van der Waals surface area contributed by atoms with Crippen molar-refractivity contribution in [1.82, 2.24) is 18.8 Å². The van der Waals surface area contributed by atoms with Crippen molar-refractivity contribution in [2.45, 2.75) is 31.6 Å². The first-order valence-corrected chi connectivity index (χ1v) is 12.7. The fourth-order valence-electron chi connectivity index (χ4n) is 3.76. The molecule has 3 aromatic rings. The SMILES string of the molecule is CCN(CC)S(=O)(=O)c1ccc2c(c1)nc(CCC(=O)N(C)CC(=O)Nc1ccccc1)n2C. The van der Waals surface area contributed by atoms with E-state index in [0.29, 0.717) is 36.5 Å². The van der Waals surface area contributed by atoms with Gasteiger partial charge in [-0.2, -0.15) is 4.31 Å². The van der Waals surface area contributed by atoms with Crippen molar-refractivity contribution in [3.05, 3.63) is 54.4 Å². The summed E-state index contributed by atoms with van der Waals surface area (Å²) < 4.78 is 28.9. The molecule has 1 heterocycles. The molecule has 0 aliphatic heterocycles. The third kappa shape index (κ3) is 5.63. The number of benzene rings is 2. The van der Waals surface area contributed by atoms with Crippen LogP contribution in [0.25, 0.3) is 11.0 Å². The smallest absolute Gasteiger partial charge is 0.243 e. The number of carbonyl (C=O) groups excluding carboxylic acids is 2. The lowest BCUT2D eigenvalue weighted by Gasteiger charge is -2.18. The van der Waals surface area contributed by atoms with E-state index in [0.717, 1.165) is 5.52 Å². The van der Waals surface area contributed by atoms with Crippen LogP contribution in [0.4, 0.5) is 5.69 Å². The molecule has 0 spiro atoms. The Labute approximate surface area is 200 Å². The molecule has 10 heteroatoms. The molecule has 1 aromatic heterocycles. The molecular formula is C24H31N5O4S. The van der Waals surface area contributed by atoms with Crippen LogP contribution in [-0.4, -0.2) is 65.7 Å². The zero-order valence-corrected chi connectivity index (χ0v) is 20.8. The average Bonchev–Trinajstić information content (AvgIpc) is 3.13. The molecule has 2 amide bonds. The van der Waals surface area contributed by atoms with Gasteiger partial charge in [-0.3, -0.25) is 9.59 Å². The van der Waals surface area contributed by atoms with E-state index < -0.39 is 10.0 Å². The molecule has 3 rings (SSSR count). The normalized spacial score (nSPS) is 11.7. The molecule has 0 saturated carbocycles. The molecule has 0 fully saturated rings. The van der Waals surface area contributed by atoms with Crippen LogP contribution in [-0.2, 0) is 33.1 Å². The topological polar surface area (TPSA) is 105 Å². The highest BCUT2D eigenvalue weighted by atomic mass is 32.2. The summed E-state index contributed by atoms with van der Waals surface area (Å²) in [5.74, 6) is 0.217. The van der Waals surface area contributed by atoms with E-state index in [4.69, 9.17) is 0 Å². The second kappa shape index (κ2) is 10.8. The predicted molar refractivity (Wildman–Crippen MR) is 132 cm³/mol. The molecular weight excluding hydrogens is 454 g/mol. The number of para-hydroxylation sites is 1. The van der Waals surface area contributed by atoms with Crippen molar-refractivity contribution in [2.24, 2.45) is 7.05 Å². The summed E-state index contributed by atoms with van der Waals surface area (Å²) in [7, 11) is -0.155. The molecule has 0 radical (unpaired) electrons. The van der Waals surface area contributed by atoms with Gasteiger partial charge in [0.2, 0.25) is 21.8 Å². The minimum Gasteiger partial charge on any atom is -0.336 e. The molecule has 0 saturated heterocycles. The molecule has 34 heavy (non-hydrogen) atoms. The Kier molecular flexibility index (Phi) is 8.06. The number of hydrogen-bond acceptors (Lipinski definition) is 5.